The van der Waals surface area contributed by atoms with Gasteiger partial charge in [0, 0.05) is 26.2 Å². The van der Waals surface area contributed by atoms with Gasteiger partial charge in [-0.1, -0.05) is 17.4 Å². The summed E-state index contributed by atoms with van der Waals surface area (Å²) in [6.07, 6.45) is 0.711. The lowest BCUT2D eigenvalue weighted by atomic mass is 10.1. The Kier molecular flexibility index (Phi) is 8.05. The van der Waals surface area contributed by atoms with Gasteiger partial charge >= 0.3 is 0 Å². The van der Waals surface area contributed by atoms with Crippen LogP contribution in [0.3, 0.4) is 0 Å². The molecule has 3 aromatic rings. The van der Waals surface area contributed by atoms with Crippen molar-refractivity contribution in [2.45, 2.75) is 25.2 Å². The van der Waals surface area contributed by atoms with Crippen molar-refractivity contribution < 1.29 is 22.7 Å². The molecule has 2 aromatic carbocycles. The van der Waals surface area contributed by atoms with Gasteiger partial charge in [-0.25, -0.2) is 13.4 Å². The van der Waals surface area contributed by atoms with Gasteiger partial charge in [-0.3, -0.25) is 14.6 Å². The fourth-order valence-corrected chi connectivity index (χ4v) is 6.57. The molecular weight excluding hydrogens is 486 g/mol. The van der Waals surface area contributed by atoms with Gasteiger partial charge in [0.1, 0.15) is 11.5 Å². The van der Waals surface area contributed by atoms with Crippen molar-refractivity contribution in [3.63, 3.8) is 0 Å². The first-order valence-corrected chi connectivity index (χ1v) is 14.1. The minimum atomic E-state index is -3.82. The van der Waals surface area contributed by atoms with Gasteiger partial charge in [-0.2, -0.15) is 0 Å². The van der Waals surface area contributed by atoms with E-state index in [0.717, 1.165) is 41.0 Å². The topological polar surface area (TPSA) is 89.0 Å². The van der Waals surface area contributed by atoms with Crippen molar-refractivity contribution in [2.75, 3.05) is 57.2 Å². The maximum absolute atomic E-state index is 13.4. The third kappa shape index (κ3) is 6.19. The Morgan fingerprint density at radius 2 is 1.89 bits per heavy atom. The zero-order valence-corrected chi connectivity index (χ0v) is 22.0. The largest absolute Gasteiger partial charge is 0.497 e. The number of aryl methyl sites for hydroxylation is 2. The number of nitrogens with zero attached hydrogens (tertiary/aromatic N) is 3. The molecule has 1 saturated heterocycles. The van der Waals surface area contributed by atoms with Crippen LogP contribution in [0.4, 0.5) is 5.13 Å². The number of hydrogen-bond donors (Lipinski definition) is 0. The smallest absolute Gasteiger partial charge is 0.244 e. The number of fused-ring (bicyclic) bond motifs is 1. The first kappa shape index (κ1) is 25.6. The van der Waals surface area contributed by atoms with E-state index in [9.17, 15) is 13.2 Å². The molecule has 0 spiro atoms. The standard InChI is InChI=1S/C25H31N3O5S2/c1-18-15-19(2)24-22(16-18)34-25(26-24)28(10-4-9-27-11-13-33-14-12-27)23(29)17-35(30,31)21-7-5-20(32-3)6-8-21/h5-8,15-16H,4,9-14,17H2,1-3H3. The quantitative estimate of drug-likeness (QED) is 0.430. The molecule has 2 heterocycles. The Balaban J connectivity index is 1.57. The van der Waals surface area contributed by atoms with Crippen LogP contribution in [-0.4, -0.2) is 76.5 Å². The highest BCUT2D eigenvalue weighted by Crippen LogP contribution is 2.32. The third-order valence-electron chi connectivity index (χ3n) is 6.04. The minimum Gasteiger partial charge on any atom is -0.497 e. The summed E-state index contributed by atoms with van der Waals surface area (Å²) in [7, 11) is -2.31. The van der Waals surface area contributed by atoms with E-state index in [-0.39, 0.29) is 4.90 Å². The molecular formula is C25H31N3O5S2. The zero-order valence-electron chi connectivity index (χ0n) is 20.3. The van der Waals surface area contributed by atoms with E-state index in [1.807, 2.05) is 19.9 Å². The highest BCUT2D eigenvalue weighted by Gasteiger charge is 2.27. The van der Waals surface area contributed by atoms with E-state index in [1.165, 1.54) is 30.6 Å². The molecule has 35 heavy (non-hydrogen) atoms. The number of rotatable bonds is 9. The summed E-state index contributed by atoms with van der Waals surface area (Å²) in [5, 5.41) is 0.533. The SMILES string of the molecule is COc1ccc(S(=O)(=O)CC(=O)N(CCCN2CCOCC2)c2nc3c(C)cc(C)cc3s2)cc1. The molecule has 0 aliphatic carbocycles. The van der Waals surface area contributed by atoms with Crippen LogP contribution in [0.5, 0.6) is 5.75 Å². The molecule has 0 unspecified atom stereocenters. The number of benzene rings is 2. The van der Waals surface area contributed by atoms with E-state index in [2.05, 4.69) is 11.0 Å². The normalized spacial score (nSPS) is 14.8. The average molecular weight is 518 g/mol. The Hall–Kier alpha value is -2.53. The molecule has 0 saturated carbocycles. The molecule has 1 aromatic heterocycles. The van der Waals surface area contributed by atoms with E-state index >= 15 is 0 Å². The molecule has 1 fully saturated rings. The number of sulfone groups is 1. The van der Waals surface area contributed by atoms with Crippen LogP contribution < -0.4 is 9.64 Å². The maximum Gasteiger partial charge on any atom is 0.244 e. The number of hydrogen-bond acceptors (Lipinski definition) is 8. The Bertz CT molecular complexity index is 1280. The summed E-state index contributed by atoms with van der Waals surface area (Å²) in [6, 6.07) is 10.2. The van der Waals surface area contributed by atoms with Crippen LogP contribution in [0.1, 0.15) is 17.5 Å². The molecule has 0 N–H and O–H groups in total. The third-order valence-corrected chi connectivity index (χ3v) is 8.69. The van der Waals surface area contributed by atoms with Crippen molar-refractivity contribution in [3.05, 3.63) is 47.5 Å². The summed E-state index contributed by atoms with van der Waals surface area (Å²) >= 11 is 1.42. The van der Waals surface area contributed by atoms with Crippen molar-refractivity contribution >= 4 is 42.4 Å². The number of ether oxygens (including phenoxy) is 2. The molecule has 8 nitrogen and oxygen atoms in total. The molecule has 1 amide bonds. The predicted octanol–water partition coefficient (Wildman–Crippen LogP) is 3.45. The summed E-state index contributed by atoms with van der Waals surface area (Å²) in [5.41, 5.74) is 3.01. The van der Waals surface area contributed by atoms with Crippen LogP contribution in [0, 0.1) is 13.8 Å². The number of amides is 1. The molecule has 1 aliphatic rings. The highest BCUT2D eigenvalue weighted by molar-refractivity contribution is 7.92. The lowest BCUT2D eigenvalue weighted by Crippen LogP contribution is -2.40. The second-order valence-corrected chi connectivity index (χ2v) is 11.7. The minimum absolute atomic E-state index is 0.0932. The zero-order chi connectivity index (χ0) is 25.0. The van der Waals surface area contributed by atoms with Gasteiger partial charge in [-0.15, -0.1) is 0 Å². The number of morpholine rings is 1. The van der Waals surface area contributed by atoms with E-state index in [4.69, 9.17) is 14.5 Å². The van der Waals surface area contributed by atoms with Crippen LogP contribution in [0.25, 0.3) is 10.2 Å². The van der Waals surface area contributed by atoms with Crippen LogP contribution in [0.15, 0.2) is 41.3 Å². The van der Waals surface area contributed by atoms with Crippen LogP contribution in [0.2, 0.25) is 0 Å². The first-order valence-electron chi connectivity index (χ1n) is 11.6. The molecule has 0 radical (unpaired) electrons. The van der Waals surface area contributed by atoms with Crippen molar-refractivity contribution in [2.24, 2.45) is 0 Å². The molecule has 188 valence electrons. The van der Waals surface area contributed by atoms with Gasteiger partial charge in [0.2, 0.25) is 5.91 Å². The molecule has 10 heteroatoms. The fraction of sp³-hybridized carbons (Fsp3) is 0.440. The number of carbonyl (C=O) groups excluding carboxylic acids is 1. The van der Waals surface area contributed by atoms with Gasteiger partial charge in [-0.05, 0) is 61.7 Å². The van der Waals surface area contributed by atoms with Gasteiger partial charge in [0.25, 0.3) is 0 Å². The number of carbonyl (C=O) groups is 1. The Morgan fingerprint density at radius 1 is 1.17 bits per heavy atom. The lowest BCUT2D eigenvalue weighted by Gasteiger charge is -2.27. The van der Waals surface area contributed by atoms with Crippen molar-refractivity contribution in [3.8, 4) is 5.75 Å². The van der Waals surface area contributed by atoms with Crippen molar-refractivity contribution in [1.82, 2.24) is 9.88 Å². The highest BCUT2D eigenvalue weighted by atomic mass is 32.2. The lowest BCUT2D eigenvalue weighted by molar-refractivity contribution is -0.116. The number of anilines is 1. The van der Waals surface area contributed by atoms with Gasteiger partial charge in [0.05, 0.1) is 35.4 Å². The summed E-state index contributed by atoms with van der Waals surface area (Å²) in [6.45, 7) is 8.36. The second-order valence-electron chi connectivity index (χ2n) is 8.71. The number of thiazole rings is 1. The van der Waals surface area contributed by atoms with E-state index in [0.29, 0.717) is 37.1 Å². The van der Waals surface area contributed by atoms with Crippen LogP contribution in [-0.2, 0) is 19.4 Å². The van der Waals surface area contributed by atoms with Gasteiger partial charge in [0.15, 0.2) is 15.0 Å². The monoisotopic (exact) mass is 517 g/mol. The molecule has 4 rings (SSSR count). The molecule has 0 atom stereocenters. The van der Waals surface area contributed by atoms with E-state index in [1.54, 1.807) is 17.0 Å². The fourth-order valence-electron chi connectivity index (χ4n) is 4.19. The molecule has 0 bridgehead atoms. The predicted molar refractivity (Wildman–Crippen MR) is 138 cm³/mol. The Labute approximate surface area is 210 Å². The number of methoxy groups -OCH3 is 1. The summed E-state index contributed by atoms with van der Waals surface area (Å²) in [5.74, 6) is -0.540. The average Bonchev–Trinajstić information content (AvgIpc) is 3.26. The summed E-state index contributed by atoms with van der Waals surface area (Å²) in [4.78, 5) is 22.1. The molecule has 1 aliphatic heterocycles. The Morgan fingerprint density at radius 3 is 2.57 bits per heavy atom. The summed E-state index contributed by atoms with van der Waals surface area (Å²) < 4.78 is 37.6. The maximum atomic E-state index is 13.4. The van der Waals surface area contributed by atoms with E-state index < -0.39 is 21.5 Å². The van der Waals surface area contributed by atoms with Gasteiger partial charge < -0.3 is 9.47 Å². The van der Waals surface area contributed by atoms with Crippen molar-refractivity contribution in [1.29, 1.82) is 0 Å². The second kappa shape index (κ2) is 11.0. The number of aromatic nitrogens is 1. The van der Waals surface area contributed by atoms with Crippen LogP contribution >= 0.6 is 11.3 Å². The first-order chi connectivity index (χ1) is 16.8.